The highest BCUT2D eigenvalue weighted by Crippen LogP contribution is 1.66. The van der Waals surface area contributed by atoms with Crippen LogP contribution in [0.1, 0.15) is 0 Å². The van der Waals surface area contributed by atoms with Crippen LogP contribution in [0, 0.1) is 0 Å². The zero-order valence-electron chi connectivity index (χ0n) is 3.83. The van der Waals surface area contributed by atoms with Crippen molar-refractivity contribution in [2.75, 3.05) is 0 Å². The van der Waals surface area contributed by atoms with E-state index in [2.05, 4.69) is 5.10 Å². The van der Waals surface area contributed by atoms with Crippen LogP contribution in [0.5, 0.6) is 0 Å². The van der Waals surface area contributed by atoms with Gasteiger partial charge in [0, 0.05) is 6.20 Å². The topological polar surface area (TPSA) is 90.4 Å². The molecule has 0 bridgehead atoms. The van der Waals surface area contributed by atoms with Gasteiger partial charge in [-0.05, 0) is 0 Å². The van der Waals surface area contributed by atoms with Gasteiger partial charge in [0.25, 0.3) is 0 Å². The molecule has 0 aliphatic rings. The van der Waals surface area contributed by atoms with Crippen LogP contribution >= 0.6 is 0 Å². The van der Waals surface area contributed by atoms with E-state index in [-0.39, 0.29) is 0 Å². The molecule has 0 aliphatic carbocycles. The van der Waals surface area contributed by atoms with Gasteiger partial charge < -0.3 is 17.3 Å². The first-order chi connectivity index (χ1) is 3.31. The van der Waals surface area contributed by atoms with E-state index < -0.39 is 0 Å². The molecular formula is C3H8N4. The molecule has 0 aromatic rings. The number of hydrogen-bond acceptors (Lipinski definition) is 4. The molecule has 0 saturated carbocycles. The Balaban J connectivity index is 3.58. The second kappa shape index (κ2) is 3.02. The van der Waals surface area contributed by atoms with Crippen molar-refractivity contribution in [3.63, 3.8) is 0 Å². The molecule has 0 heterocycles. The van der Waals surface area contributed by atoms with E-state index in [0.29, 0.717) is 5.70 Å². The number of hydrazone groups is 1. The van der Waals surface area contributed by atoms with Crippen LogP contribution in [0.2, 0.25) is 0 Å². The number of nitrogens with zero attached hydrogens (tertiary/aromatic N) is 1. The van der Waals surface area contributed by atoms with E-state index in [9.17, 15) is 0 Å². The molecule has 0 amide bonds. The number of hydrogen-bond donors (Lipinski definition) is 3. The lowest BCUT2D eigenvalue weighted by atomic mass is 10.5. The molecule has 0 aromatic carbocycles. The van der Waals surface area contributed by atoms with E-state index in [0.717, 1.165) is 0 Å². The fraction of sp³-hybridized carbons (Fsp3) is 0. The maximum Gasteiger partial charge on any atom is 0.0710 e. The molecule has 4 nitrogen and oxygen atoms in total. The summed E-state index contributed by atoms with van der Waals surface area (Å²) in [6.45, 7) is 0. The first kappa shape index (κ1) is 5.81. The van der Waals surface area contributed by atoms with Crippen LogP contribution < -0.4 is 17.3 Å². The van der Waals surface area contributed by atoms with Gasteiger partial charge in [0.15, 0.2) is 0 Å². The molecule has 0 rings (SSSR count). The van der Waals surface area contributed by atoms with Gasteiger partial charge in [-0.3, -0.25) is 0 Å². The van der Waals surface area contributed by atoms with Gasteiger partial charge in [0.1, 0.15) is 0 Å². The summed E-state index contributed by atoms with van der Waals surface area (Å²) >= 11 is 0. The third-order valence-corrected chi connectivity index (χ3v) is 0.416. The molecule has 0 atom stereocenters. The van der Waals surface area contributed by atoms with Crippen molar-refractivity contribution in [2.24, 2.45) is 22.4 Å². The van der Waals surface area contributed by atoms with Gasteiger partial charge in [0.2, 0.25) is 0 Å². The molecule has 0 aromatic heterocycles. The summed E-state index contributed by atoms with van der Waals surface area (Å²) in [5.41, 5.74) is 10.4. The van der Waals surface area contributed by atoms with Gasteiger partial charge in [-0.2, -0.15) is 5.10 Å². The lowest BCUT2D eigenvalue weighted by molar-refractivity contribution is 1.25. The lowest BCUT2D eigenvalue weighted by Gasteiger charge is -1.81. The highest BCUT2D eigenvalue weighted by Gasteiger charge is 1.72. The quantitative estimate of drug-likeness (QED) is 0.217. The maximum absolute atomic E-state index is 5.09. The highest BCUT2D eigenvalue weighted by atomic mass is 15.1. The lowest BCUT2D eigenvalue weighted by Crippen LogP contribution is -2.02. The zero-order chi connectivity index (χ0) is 5.70. The summed E-state index contributed by atoms with van der Waals surface area (Å²) in [4.78, 5) is 0. The second-order valence-corrected chi connectivity index (χ2v) is 0.945. The summed E-state index contributed by atoms with van der Waals surface area (Å²) in [6, 6.07) is 0. The SMILES string of the molecule is NC=C(N)C=NN. The van der Waals surface area contributed by atoms with Gasteiger partial charge in [0.05, 0.1) is 11.9 Å². The van der Waals surface area contributed by atoms with E-state index in [1.807, 2.05) is 0 Å². The maximum atomic E-state index is 5.09. The smallest absolute Gasteiger partial charge is 0.0710 e. The Morgan fingerprint density at radius 3 is 2.29 bits per heavy atom. The molecule has 0 spiro atoms. The minimum absolute atomic E-state index is 0.363. The first-order valence-electron chi connectivity index (χ1n) is 1.72. The summed E-state index contributed by atoms with van der Waals surface area (Å²) in [7, 11) is 0. The predicted octanol–water partition coefficient (Wildman–Crippen LogP) is -1.31. The Bertz CT molecular complexity index is 93.1. The fourth-order valence-corrected chi connectivity index (χ4v) is 0.129. The Kier molecular flexibility index (Phi) is 2.50. The summed E-state index contributed by atoms with van der Waals surface area (Å²) < 4.78 is 0. The van der Waals surface area contributed by atoms with Gasteiger partial charge >= 0.3 is 0 Å². The zero-order valence-corrected chi connectivity index (χ0v) is 3.83. The summed E-state index contributed by atoms with van der Waals surface area (Å²) in [5, 5.41) is 3.11. The highest BCUT2D eigenvalue weighted by molar-refractivity contribution is 5.76. The van der Waals surface area contributed by atoms with Crippen LogP contribution in [0.4, 0.5) is 0 Å². The van der Waals surface area contributed by atoms with Crippen molar-refractivity contribution >= 4 is 6.21 Å². The molecule has 0 unspecified atom stereocenters. The van der Waals surface area contributed by atoms with E-state index >= 15 is 0 Å². The Hall–Kier alpha value is -1.19. The second-order valence-electron chi connectivity index (χ2n) is 0.945. The van der Waals surface area contributed by atoms with Gasteiger partial charge in [-0.25, -0.2) is 0 Å². The Labute approximate surface area is 41.7 Å². The molecule has 0 radical (unpaired) electrons. The predicted molar refractivity (Wildman–Crippen MR) is 29.1 cm³/mol. The minimum Gasteiger partial charge on any atom is -0.403 e. The molecule has 4 heteroatoms. The van der Waals surface area contributed by atoms with Crippen molar-refractivity contribution in [3.8, 4) is 0 Å². The number of rotatable bonds is 1. The standard InChI is InChI=1S/C3H8N4/c4-1-3(5)2-7-6/h1-2H,4-6H2. The van der Waals surface area contributed by atoms with Crippen LogP contribution in [0.3, 0.4) is 0 Å². The van der Waals surface area contributed by atoms with Crippen LogP contribution in [0.25, 0.3) is 0 Å². The van der Waals surface area contributed by atoms with Crippen LogP contribution in [0.15, 0.2) is 17.0 Å². The molecule has 0 saturated heterocycles. The van der Waals surface area contributed by atoms with Gasteiger partial charge in [-0.15, -0.1) is 0 Å². The Morgan fingerprint density at radius 2 is 2.14 bits per heavy atom. The third-order valence-electron chi connectivity index (χ3n) is 0.416. The first-order valence-corrected chi connectivity index (χ1v) is 1.72. The van der Waals surface area contributed by atoms with E-state index in [4.69, 9.17) is 17.3 Å². The van der Waals surface area contributed by atoms with Crippen molar-refractivity contribution in [1.29, 1.82) is 0 Å². The summed E-state index contributed by atoms with van der Waals surface area (Å²) in [5.74, 6) is 4.70. The number of allylic oxidation sites excluding steroid dienone is 1. The normalized spacial score (nSPS) is 12.9. The fourth-order valence-electron chi connectivity index (χ4n) is 0.129. The summed E-state index contributed by atoms with van der Waals surface area (Å²) in [6.07, 6.45) is 2.48. The van der Waals surface area contributed by atoms with Crippen molar-refractivity contribution < 1.29 is 0 Å². The van der Waals surface area contributed by atoms with Crippen LogP contribution in [-0.2, 0) is 0 Å². The third kappa shape index (κ3) is 2.62. The Morgan fingerprint density at radius 1 is 1.57 bits per heavy atom. The molecule has 0 fully saturated rings. The molecule has 7 heavy (non-hydrogen) atoms. The minimum atomic E-state index is 0.363. The average Bonchev–Trinajstić information content (AvgIpc) is 1.68. The van der Waals surface area contributed by atoms with Crippen molar-refractivity contribution in [3.05, 3.63) is 11.9 Å². The van der Waals surface area contributed by atoms with E-state index in [1.54, 1.807) is 0 Å². The van der Waals surface area contributed by atoms with E-state index in [1.165, 1.54) is 12.4 Å². The average molecular weight is 100 g/mol. The van der Waals surface area contributed by atoms with Crippen molar-refractivity contribution in [2.45, 2.75) is 0 Å². The number of nitrogens with two attached hydrogens (primary N) is 3. The van der Waals surface area contributed by atoms with Crippen LogP contribution in [-0.4, -0.2) is 6.21 Å². The van der Waals surface area contributed by atoms with Gasteiger partial charge in [-0.1, -0.05) is 0 Å². The largest absolute Gasteiger partial charge is 0.403 e. The molecule has 0 aliphatic heterocycles. The molecule has 6 N–H and O–H groups in total. The molecular weight excluding hydrogens is 92.1 g/mol. The molecule has 40 valence electrons. The van der Waals surface area contributed by atoms with Crippen molar-refractivity contribution in [1.82, 2.24) is 0 Å². The monoisotopic (exact) mass is 100 g/mol.